The number of nitrogens with one attached hydrogen (secondary N) is 1. The zero-order valence-corrected chi connectivity index (χ0v) is 12.8. The molecule has 1 aliphatic carbocycles. The summed E-state index contributed by atoms with van der Waals surface area (Å²) in [6.07, 6.45) is 3.58. The largest absolute Gasteiger partial charge is 0.480 e. The number of ether oxygens (including phenoxy) is 1. The minimum absolute atomic E-state index is 0.119. The van der Waals surface area contributed by atoms with Gasteiger partial charge in [0.15, 0.2) is 0 Å². The number of carboxylic acid groups (broad SMARTS) is 1. The molecule has 0 bridgehead atoms. The highest BCUT2D eigenvalue weighted by Gasteiger charge is 2.29. The van der Waals surface area contributed by atoms with Crippen LogP contribution >= 0.6 is 0 Å². The van der Waals surface area contributed by atoms with Gasteiger partial charge in [0.1, 0.15) is 6.04 Å². The van der Waals surface area contributed by atoms with Gasteiger partial charge >= 0.3 is 18.0 Å². The Kier molecular flexibility index (Phi) is 6.45. The van der Waals surface area contributed by atoms with Crippen LogP contribution in [0.2, 0.25) is 0 Å². The van der Waals surface area contributed by atoms with Crippen LogP contribution in [0.1, 0.15) is 39.0 Å². The lowest BCUT2D eigenvalue weighted by atomic mass is 9.87. The number of carboxylic acids is 1. The predicted octanol–water partition coefficient (Wildman–Crippen LogP) is 1.22. The number of carbonyl (C=O) groups is 3. The number of nitrogens with zero attached hydrogens (tertiary/aromatic N) is 1. The molecule has 0 unspecified atom stereocenters. The molecule has 1 rings (SSSR count). The molecule has 0 aromatic carbocycles. The Morgan fingerprint density at radius 1 is 1.29 bits per heavy atom. The van der Waals surface area contributed by atoms with E-state index in [2.05, 4.69) is 17.0 Å². The molecule has 2 N–H and O–H groups in total. The van der Waals surface area contributed by atoms with Gasteiger partial charge in [0.05, 0.1) is 13.5 Å². The van der Waals surface area contributed by atoms with Crippen LogP contribution in [-0.4, -0.2) is 54.2 Å². The summed E-state index contributed by atoms with van der Waals surface area (Å²) in [6.45, 7) is 2.19. The van der Waals surface area contributed by atoms with E-state index in [1.54, 1.807) is 11.9 Å². The van der Waals surface area contributed by atoms with Crippen molar-refractivity contribution in [1.82, 2.24) is 10.2 Å². The van der Waals surface area contributed by atoms with Crippen LogP contribution in [0.25, 0.3) is 0 Å². The lowest BCUT2D eigenvalue weighted by Gasteiger charge is -2.34. The maximum absolute atomic E-state index is 12.1. The van der Waals surface area contributed by atoms with Crippen molar-refractivity contribution in [2.75, 3.05) is 14.2 Å². The third kappa shape index (κ3) is 5.24. The van der Waals surface area contributed by atoms with Crippen LogP contribution in [0.5, 0.6) is 0 Å². The fraction of sp³-hybridized carbons (Fsp3) is 0.786. The summed E-state index contributed by atoms with van der Waals surface area (Å²) in [7, 11) is 2.84. The molecule has 1 aliphatic rings. The summed E-state index contributed by atoms with van der Waals surface area (Å²) in [6, 6.07) is -1.62. The molecular formula is C14H24N2O5. The van der Waals surface area contributed by atoms with E-state index in [1.165, 1.54) is 7.11 Å². The topological polar surface area (TPSA) is 95.9 Å². The average molecular weight is 300 g/mol. The van der Waals surface area contributed by atoms with Crippen molar-refractivity contribution >= 4 is 18.0 Å². The van der Waals surface area contributed by atoms with Crippen molar-refractivity contribution in [3.05, 3.63) is 0 Å². The summed E-state index contributed by atoms with van der Waals surface area (Å²) < 4.78 is 4.43. The van der Waals surface area contributed by atoms with E-state index in [9.17, 15) is 14.4 Å². The molecule has 21 heavy (non-hydrogen) atoms. The minimum Gasteiger partial charge on any atom is -0.480 e. The van der Waals surface area contributed by atoms with E-state index < -0.39 is 24.0 Å². The van der Waals surface area contributed by atoms with Gasteiger partial charge in [-0.1, -0.05) is 6.92 Å². The molecule has 0 aromatic rings. The highest BCUT2D eigenvalue weighted by Crippen LogP contribution is 2.26. The van der Waals surface area contributed by atoms with Crippen molar-refractivity contribution < 1.29 is 24.2 Å². The van der Waals surface area contributed by atoms with Gasteiger partial charge in [-0.2, -0.15) is 0 Å². The second kappa shape index (κ2) is 7.85. The van der Waals surface area contributed by atoms with Gasteiger partial charge in [0.2, 0.25) is 0 Å². The molecule has 0 aromatic heterocycles. The molecule has 0 saturated heterocycles. The second-order valence-electron chi connectivity index (χ2n) is 5.65. The second-order valence-corrected chi connectivity index (χ2v) is 5.65. The van der Waals surface area contributed by atoms with Gasteiger partial charge in [0.25, 0.3) is 0 Å². The van der Waals surface area contributed by atoms with Crippen LogP contribution in [0, 0.1) is 5.92 Å². The summed E-state index contributed by atoms with van der Waals surface area (Å²) in [4.78, 5) is 35.9. The van der Waals surface area contributed by atoms with Gasteiger partial charge in [-0.15, -0.1) is 0 Å². The molecule has 7 heteroatoms. The number of urea groups is 1. The Labute approximate surface area is 124 Å². The predicted molar refractivity (Wildman–Crippen MR) is 75.8 cm³/mol. The molecule has 7 nitrogen and oxygen atoms in total. The number of aliphatic carboxylic acids is 1. The molecule has 120 valence electrons. The molecule has 1 fully saturated rings. The normalized spacial score (nSPS) is 23.0. The van der Waals surface area contributed by atoms with Gasteiger partial charge < -0.3 is 20.1 Å². The van der Waals surface area contributed by atoms with E-state index >= 15 is 0 Å². The molecule has 0 heterocycles. The van der Waals surface area contributed by atoms with E-state index in [0.29, 0.717) is 5.92 Å². The molecular weight excluding hydrogens is 276 g/mol. The Bertz CT molecular complexity index is 391. The number of hydrogen-bond donors (Lipinski definition) is 2. The maximum Gasteiger partial charge on any atom is 0.326 e. The molecule has 2 amide bonds. The van der Waals surface area contributed by atoms with E-state index in [1.807, 2.05) is 0 Å². The number of carbonyl (C=O) groups excluding carboxylic acids is 2. The Balaban J connectivity index is 2.56. The first-order valence-corrected chi connectivity index (χ1v) is 7.18. The van der Waals surface area contributed by atoms with Gasteiger partial charge in [0, 0.05) is 13.1 Å². The first-order chi connectivity index (χ1) is 9.85. The van der Waals surface area contributed by atoms with Gasteiger partial charge in [-0.3, -0.25) is 4.79 Å². The van der Waals surface area contributed by atoms with Crippen molar-refractivity contribution in [3.63, 3.8) is 0 Å². The Morgan fingerprint density at radius 2 is 1.86 bits per heavy atom. The van der Waals surface area contributed by atoms with E-state index in [4.69, 9.17) is 5.11 Å². The third-order valence-electron chi connectivity index (χ3n) is 4.05. The zero-order valence-electron chi connectivity index (χ0n) is 12.8. The van der Waals surface area contributed by atoms with Gasteiger partial charge in [-0.05, 0) is 31.6 Å². The van der Waals surface area contributed by atoms with Crippen molar-refractivity contribution in [3.8, 4) is 0 Å². The fourth-order valence-electron chi connectivity index (χ4n) is 2.50. The highest BCUT2D eigenvalue weighted by molar-refractivity contribution is 5.86. The molecule has 0 aliphatic heterocycles. The maximum atomic E-state index is 12.1. The quantitative estimate of drug-likeness (QED) is 0.744. The van der Waals surface area contributed by atoms with E-state index in [0.717, 1.165) is 25.7 Å². The van der Waals surface area contributed by atoms with E-state index in [-0.39, 0.29) is 12.5 Å². The SMILES string of the molecule is COC(=O)C[C@H](NC(=O)N(C)C1CCC(C)CC1)C(=O)O. The van der Waals surface area contributed by atoms with Crippen LogP contribution in [0.4, 0.5) is 4.79 Å². The number of methoxy groups -OCH3 is 1. The van der Waals surface area contributed by atoms with Crippen LogP contribution in [-0.2, 0) is 14.3 Å². The first kappa shape index (κ1) is 17.3. The zero-order chi connectivity index (χ0) is 16.0. The van der Waals surface area contributed by atoms with Crippen molar-refractivity contribution in [1.29, 1.82) is 0 Å². The summed E-state index contributed by atoms with van der Waals surface area (Å²) in [5.74, 6) is -1.25. The van der Waals surface area contributed by atoms with Crippen LogP contribution in [0.3, 0.4) is 0 Å². The van der Waals surface area contributed by atoms with Gasteiger partial charge in [-0.25, -0.2) is 9.59 Å². The third-order valence-corrected chi connectivity index (χ3v) is 4.05. The monoisotopic (exact) mass is 300 g/mol. The molecule has 1 atom stereocenters. The average Bonchev–Trinajstić information content (AvgIpc) is 2.46. The smallest absolute Gasteiger partial charge is 0.326 e. The summed E-state index contributed by atoms with van der Waals surface area (Å²) in [5.41, 5.74) is 0. The molecule has 0 radical (unpaired) electrons. The first-order valence-electron chi connectivity index (χ1n) is 7.18. The number of hydrogen-bond acceptors (Lipinski definition) is 4. The number of amides is 2. The fourth-order valence-corrected chi connectivity index (χ4v) is 2.50. The number of esters is 1. The lowest BCUT2D eigenvalue weighted by molar-refractivity contribution is -0.147. The lowest BCUT2D eigenvalue weighted by Crippen LogP contribution is -2.51. The van der Waals surface area contributed by atoms with Crippen molar-refractivity contribution in [2.24, 2.45) is 5.92 Å². The standard InChI is InChI=1S/C14H24N2O5/c1-9-4-6-10(7-5-9)16(2)14(20)15-11(13(18)19)8-12(17)21-3/h9-11H,4-8H2,1-3H3,(H,15,20)(H,18,19)/t9?,10?,11-/m0/s1. The van der Waals surface area contributed by atoms with Crippen LogP contribution < -0.4 is 5.32 Å². The summed E-state index contributed by atoms with van der Waals surface area (Å²) >= 11 is 0. The molecule has 0 spiro atoms. The van der Waals surface area contributed by atoms with Crippen molar-refractivity contribution in [2.45, 2.75) is 51.1 Å². The summed E-state index contributed by atoms with van der Waals surface area (Å²) in [5, 5.41) is 11.4. The Morgan fingerprint density at radius 3 is 2.33 bits per heavy atom. The minimum atomic E-state index is -1.27. The highest BCUT2D eigenvalue weighted by atomic mass is 16.5. The molecule has 1 saturated carbocycles. The Hall–Kier alpha value is -1.79. The number of rotatable bonds is 5. The van der Waals surface area contributed by atoms with Crippen LogP contribution in [0.15, 0.2) is 0 Å².